The molecule has 4 aromatic carbocycles. The molecule has 5 rings (SSSR count). The van der Waals surface area contributed by atoms with Gasteiger partial charge in [0, 0.05) is 25.7 Å². The first-order chi connectivity index (χ1) is 31.4. The lowest BCUT2D eigenvalue weighted by atomic mass is 9.79. The van der Waals surface area contributed by atoms with E-state index in [1.807, 2.05) is 24.3 Å². The molecule has 0 fully saturated rings. The number of hydrogen-bond acceptors (Lipinski definition) is 10. The third-order valence-electron chi connectivity index (χ3n) is 12.6. The van der Waals surface area contributed by atoms with Crippen LogP contribution in [0.15, 0.2) is 48.5 Å². The van der Waals surface area contributed by atoms with Crippen LogP contribution in [0.5, 0.6) is 23.0 Å². The van der Waals surface area contributed by atoms with Gasteiger partial charge in [-0.2, -0.15) is 0 Å². The minimum Gasteiger partial charge on any atom is -0.507 e. The number of methoxy groups -OCH3 is 2. The Kier molecular flexibility index (Phi) is 15.8. The number of carbonyl (C=O) groups is 4. The maximum Gasteiger partial charge on any atom is 0.328 e. The van der Waals surface area contributed by atoms with Gasteiger partial charge in [-0.3, -0.25) is 9.59 Å². The molecule has 1 aliphatic carbocycles. The smallest absolute Gasteiger partial charge is 0.328 e. The molecule has 368 valence electrons. The average molecular weight is 935 g/mol. The minimum atomic E-state index is -0.903. The number of phenols is 2. The topological polar surface area (TPSA) is 170 Å². The van der Waals surface area contributed by atoms with Crippen molar-refractivity contribution in [3.05, 3.63) is 115 Å². The summed E-state index contributed by atoms with van der Waals surface area (Å²) in [5.74, 6) is -1.19. The standard InChI is InChI=1S/C56H74N2O10/c1-31(51(63)65-15)57-45(59)29-67-49-37-17-33-21-41(53(3,4)5)23-35(47(33)61)19-39-27-44(56(12,13)14)28-40(50(39)68-30-46(60)58-32(2)52(64)66-16)20-36-24-42(54(6,7)8)22-34(48(36)62)18-38(49)26-43(25-37)55(9,10)11/h21-28,31-32,61-62H,17-20,29-30H2,1-16H3,(H,57,59)(H,58,60)/t31-,32+. The molecule has 2 atom stereocenters. The molecule has 1 aliphatic rings. The van der Waals surface area contributed by atoms with Crippen LogP contribution >= 0.6 is 0 Å². The highest BCUT2D eigenvalue weighted by Crippen LogP contribution is 2.44. The van der Waals surface area contributed by atoms with Crippen molar-refractivity contribution in [3.8, 4) is 23.0 Å². The maximum absolute atomic E-state index is 13.4. The van der Waals surface area contributed by atoms with E-state index in [-0.39, 0.29) is 58.8 Å². The van der Waals surface area contributed by atoms with Crippen LogP contribution in [0, 0.1) is 0 Å². The second kappa shape index (κ2) is 20.3. The molecular formula is C56H74N2O10. The summed E-state index contributed by atoms with van der Waals surface area (Å²) >= 11 is 0. The fourth-order valence-electron chi connectivity index (χ4n) is 8.33. The van der Waals surface area contributed by atoms with Crippen LogP contribution in [0.3, 0.4) is 0 Å². The van der Waals surface area contributed by atoms with Gasteiger partial charge in [0.2, 0.25) is 0 Å². The van der Waals surface area contributed by atoms with E-state index in [9.17, 15) is 29.4 Å². The first-order valence-electron chi connectivity index (χ1n) is 23.4. The average Bonchev–Trinajstić information content (AvgIpc) is 3.22. The Bertz CT molecular complexity index is 2290. The lowest BCUT2D eigenvalue weighted by molar-refractivity contribution is -0.145. The molecule has 68 heavy (non-hydrogen) atoms. The fourth-order valence-corrected chi connectivity index (χ4v) is 8.33. The summed E-state index contributed by atoms with van der Waals surface area (Å²) in [6, 6.07) is 14.5. The number of carbonyl (C=O) groups excluding carboxylic acids is 4. The first kappa shape index (κ1) is 52.9. The van der Waals surface area contributed by atoms with Crippen molar-refractivity contribution in [3.63, 3.8) is 0 Å². The number of aromatic hydroxyl groups is 2. The molecule has 0 aromatic heterocycles. The maximum atomic E-state index is 13.4. The number of phenolic OH excluding ortho intramolecular Hbond substituents is 2. The van der Waals surface area contributed by atoms with E-state index in [1.165, 1.54) is 14.2 Å². The second-order valence-corrected chi connectivity index (χ2v) is 22.4. The van der Waals surface area contributed by atoms with E-state index in [1.54, 1.807) is 13.8 Å². The van der Waals surface area contributed by atoms with Gasteiger partial charge in [0.1, 0.15) is 35.1 Å². The van der Waals surface area contributed by atoms with Gasteiger partial charge in [-0.1, -0.05) is 132 Å². The Balaban J connectivity index is 1.87. The van der Waals surface area contributed by atoms with Crippen molar-refractivity contribution in [2.45, 2.75) is 156 Å². The molecule has 4 N–H and O–H groups in total. The molecule has 8 bridgehead atoms. The lowest BCUT2D eigenvalue weighted by Gasteiger charge is -2.28. The summed E-state index contributed by atoms with van der Waals surface area (Å²) in [4.78, 5) is 51.4. The third kappa shape index (κ3) is 12.7. The van der Waals surface area contributed by atoms with Crippen LogP contribution in [0.1, 0.15) is 164 Å². The molecule has 0 heterocycles. The molecule has 0 saturated heterocycles. The molecule has 0 radical (unpaired) electrons. The molecule has 0 saturated carbocycles. The quantitative estimate of drug-likeness (QED) is 0.0992. The highest BCUT2D eigenvalue weighted by Gasteiger charge is 2.30. The Morgan fingerprint density at radius 3 is 0.882 bits per heavy atom. The fraction of sp³-hybridized carbons (Fsp3) is 0.500. The van der Waals surface area contributed by atoms with Gasteiger partial charge < -0.3 is 39.8 Å². The first-order valence-corrected chi connectivity index (χ1v) is 23.4. The van der Waals surface area contributed by atoms with Crippen molar-refractivity contribution in [2.24, 2.45) is 0 Å². The molecule has 4 aromatic rings. The largest absolute Gasteiger partial charge is 0.507 e. The molecule has 0 aliphatic heterocycles. The molecule has 2 amide bonds. The summed E-state index contributed by atoms with van der Waals surface area (Å²) in [5.41, 5.74) is 8.01. The van der Waals surface area contributed by atoms with Gasteiger partial charge in [-0.25, -0.2) is 9.59 Å². The van der Waals surface area contributed by atoms with Gasteiger partial charge in [0.05, 0.1) is 14.2 Å². The van der Waals surface area contributed by atoms with Gasteiger partial charge in [0.25, 0.3) is 11.8 Å². The van der Waals surface area contributed by atoms with Crippen LogP contribution in [-0.2, 0) is 76.0 Å². The monoisotopic (exact) mass is 935 g/mol. The zero-order valence-corrected chi connectivity index (χ0v) is 43.2. The van der Waals surface area contributed by atoms with E-state index in [2.05, 4.69) is 118 Å². The molecule has 12 heteroatoms. The van der Waals surface area contributed by atoms with Crippen LogP contribution in [0.2, 0.25) is 0 Å². The summed E-state index contributed by atoms with van der Waals surface area (Å²) in [6.45, 7) is 27.7. The summed E-state index contributed by atoms with van der Waals surface area (Å²) < 4.78 is 22.8. The summed E-state index contributed by atoms with van der Waals surface area (Å²) in [6.07, 6.45) is 0.848. The molecule has 0 unspecified atom stereocenters. The van der Waals surface area contributed by atoms with Crippen LogP contribution in [0.4, 0.5) is 0 Å². The number of fused-ring (bicyclic) bond motifs is 8. The Morgan fingerprint density at radius 1 is 0.456 bits per heavy atom. The molecule has 0 spiro atoms. The summed E-state index contributed by atoms with van der Waals surface area (Å²) in [5, 5.41) is 30.4. The second-order valence-electron chi connectivity index (χ2n) is 22.4. The van der Waals surface area contributed by atoms with Crippen molar-refractivity contribution in [2.75, 3.05) is 27.4 Å². The normalized spacial score (nSPS) is 14.0. The zero-order valence-electron chi connectivity index (χ0n) is 43.2. The van der Waals surface area contributed by atoms with Gasteiger partial charge in [-0.05, 0) is 102 Å². The Morgan fingerprint density at radius 2 is 0.676 bits per heavy atom. The number of ether oxygens (including phenoxy) is 4. The van der Waals surface area contributed by atoms with E-state index in [4.69, 9.17) is 18.9 Å². The zero-order chi connectivity index (χ0) is 50.8. The third-order valence-corrected chi connectivity index (χ3v) is 12.6. The number of esters is 2. The molecule has 12 nitrogen and oxygen atoms in total. The Labute approximate surface area is 403 Å². The number of nitrogens with one attached hydrogen (secondary N) is 2. The van der Waals surface area contributed by atoms with E-state index >= 15 is 0 Å². The Hall–Kier alpha value is -6.04. The highest BCUT2D eigenvalue weighted by atomic mass is 16.5. The number of rotatable bonds is 10. The van der Waals surface area contributed by atoms with E-state index in [0.717, 1.165) is 44.5 Å². The van der Waals surface area contributed by atoms with Crippen molar-refractivity contribution in [1.29, 1.82) is 0 Å². The summed E-state index contributed by atoms with van der Waals surface area (Å²) in [7, 11) is 2.52. The number of hydrogen-bond donors (Lipinski definition) is 4. The van der Waals surface area contributed by atoms with E-state index < -0.39 is 49.1 Å². The van der Waals surface area contributed by atoms with Crippen LogP contribution in [-0.4, -0.2) is 73.5 Å². The van der Waals surface area contributed by atoms with E-state index in [0.29, 0.717) is 33.8 Å². The predicted octanol–water partition coefficient (Wildman–Crippen LogP) is 9.08. The van der Waals surface area contributed by atoms with Crippen molar-refractivity contribution >= 4 is 23.8 Å². The lowest BCUT2D eigenvalue weighted by Crippen LogP contribution is -2.41. The number of benzene rings is 4. The minimum absolute atomic E-state index is 0.0828. The van der Waals surface area contributed by atoms with Gasteiger partial charge in [-0.15, -0.1) is 0 Å². The molecular weight excluding hydrogens is 861 g/mol. The van der Waals surface area contributed by atoms with Crippen LogP contribution < -0.4 is 20.1 Å². The van der Waals surface area contributed by atoms with Gasteiger partial charge >= 0.3 is 11.9 Å². The SMILES string of the molecule is COC(=O)[C@H](C)NC(=O)COc1c2cc(C(C)(C)C)cc1Cc1cc(C(C)(C)C)cc(c1O)Cc1cc(C(C)(C)C)cc(c1OCC(=O)N[C@H](C)C(=O)OC)Cc1cc(C(C)(C)C)cc(c1O)C2. The number of amides is 2. The van der Waals surface area contributed by atoms with Crippen molar-refractivity contribution < 1.29 is 48.3 Å². The van der Waals surface area contributed by atoms with Gasteiger partial charge in [0.15, 0.2) is 13.2 Å². The van der Waals surface area contributed by atoms with Crippen molar-refractivity contribution in [1.82, 2.24) is 10.6 Å². The van der Waals surface area contributed by atoms with Crippen LogP contribution in [0.25, 0.3) is 0 Å². The highest BCUT2D eigenvalue weighted by molar-refractivity contribution is 5.85. The predicted molar refractivity (Wildman–Crippen MR) is 265 cm³/mol.